The Balaban J connectivity index is 2.00. The Hall–Kier alpha value is -2.50. The van der Waals surface area contributed by atoms with E-state index < -0.39 is 0 Å². The van der Waals surface area contributed by atoms with Crippen LogP contribution in [0.25, 0.3) is 0 Å². The molecular formula is C19H19Cl2N3O2. The Morgan fingerprint density at radius 2 is 1.92 bits per heavy atom. The van der Waals surface area contributed by atoms with Gasteiger partial charge in [0.05, 0.1) is 11.8 Å². The molecule has 0 saturated heterocycles. The van der Waals surface area contributed by atoms with Gasteiger partial charge in [-0.2, -0.15) is 0 Å². The average Bonchev–Trinajstić information content (AvgIpc) is 2.59. The number of nitrogens with one attached hydrogen (secondary N) is 1. The minimum Gasteiger partial charge on any atom is -0.391 e. The molecule has 136 valence electrons. The summed E-state index contributed by atoms with van der Waals surface area (Å²) in [6, 6.07) is 14.3. The summed E-state index contributed by atoms with van der Waals surface area (Å²) in [6.07, 6.45) is 3.02. The summed E-state index contributed by atoms with van der Waals surface area (Å²) < 4.78 is 0. The van der Waals surface area contributed by atoms with E-state index in [1.54, 1.807) is 41.4 Å². The second-order valence-electron chi connectivity index (χ2n) is 5.61. The number of carbonyl (C=O) groups excluding carboxylic acids is 1. The van der Waals surface area contributed by atoms with E-state index >= 15 is 0 Å². The van der Waals surface area contributed by atoms with Crippen molar-refractivity contribution in [3.05, 3.63) is 75.9 Å². The van der Waals surface area contributed by atoms with Crippen molar-refractivity contribution >= 4 is 41.0 Å². The molecule has 0 aliphatic rings. The number of amides is 1. The van der Waals surface area contributed by atoms with E-state index in [2.05, 4.69) is 10.5 Å². The van der Waals surface area contributed by atoms with Crippen molar-refractivity contribution in [2.24, 2.45) is 5.16 Å². The number of rotatable bonds is 7. The van der Waals surface area contributed by atoms with E-state index in [0.29, 0.717) is 21.3 Å². The quantitative estimate of drug-likeness (QED) is 0.426. The van der Waals surface area contributed by atoms with Crippen LogP contribution in [0.1, 0.15) is 5.56 Å². The molecule has 0 unspecified atom stereocenters. The first kappa shape index (κ1) is 19.8. The summed E-state index contributed by atoms with van der Waals surface area (Å²) >= 11 is 11.9. The lowest BCUT2D eigenvalue weighted by molar-refractivity contribution is -0.112. The lowest BCUT2D eigenvalue weighted by Crippen LogP contribution is -2.18. The topological polar surface area (TPSA) is 53.9 Å². The van der Waals surface area contributed by atoms with Crippen LogP contribution in [0.4, 0.5) is 5.69 Å². The minimum absolute atomic E-state index is 0.169. The van der Waals surface area contributed by atoms with Crippen molar-refractivity contribution in [2.75, 3.05) is 19.4 Å². The molecule has 2 aromatic carbocycles. The van der Waals surface area contributed by atoms with Crippen LogP contribution in [0.15, 0.2) is 65.5 Å². The maximum absolute atomic E-state index is 12.4. The summed E-state index contributed by atoms with van der Waals surface area (Å²) in [5.41, 5.74) is 1.80. The number of para-hydroxylation sites is 1. The monoisotopic (exact) mass is 391 g/mol. The molecule has 2 aromatic rings. The van der Waals surface area contributed by atoms with Gasteiger partial charge in [0.15, 0.2) is 0 Å². The van der Waals surface area contributed by atoms with Gasteiger partial charge in [0.1, 0.15) is 6.61 Å². The first-order valence-corrected chi connectivity index (χ1v) is 8.55. The van der Waals surface area contributed by atoms with Gasteiger partial charge in [-0.15, -0.1) is 0 Å². The maximum Gasteiger partial charge on any atom is 0.258 e. The lowest BCUT2D eigenvalue weighted by atomic mass is 10.2. The number of hydrogen-bond acceptors (Lipinski definition) is 4. The fraction of sp³-hybridized carbons (Fsp3) is 0.158. The SMILES string of the molecule is CN(C)/C=C(/C=N\OCc1ccc(Cl)cc1Cl)C(=O)Nc1ccccc1. The molecule has 0 fully saturated rings. The summed E-state index contributed by atoms with van der Waals surface area (Å²) in [4.78, 5) is 19.4. The highest BCUT2D eigenvalue weighted by molar-refractivity contribution is 6.35. The Morgan fingerprint density at radius 3 is 2.58 bits per heavy atom. The molecule has 0 aliphatic carbocycles. The highest BCUT2D eigenvalue weighted by atomic mass is 35.5. The molecule has 0 saturated carbocycles. The van der Waals surface area contributed by atoms with E-state index in [0.717, 1.165) is 5.56 Å². The van der Waals surface area contributed by atoms with Crippen LogP contribution in [0.2, 0.25) is 10.0 Å². The van der Waals surface area contributed by atoms with Crippen LogP contribution in [0, 0.1) is 0 Å². The Bertz CT molecular complexity index is 806. The summed E-state index contributed by atoms with van der Waals surface area (Å²) in [6.45, 7) is 0.169. The van der Waals surface area contributed by atoms with Crippen LogP contribution in [0.3, 0.4) is 0 Å². The van der Waals surface area contributed by atoms with Gasteiger partial charge in [-0.1, -0.05) is 52.6 Å². The molecule has 2 rings (SSSR count). The van der Waals surface area contributed by atoms with Crippen LogP contribution < -0.4 is 5.32 Å². The number of oxime groups is 1. The van der Waals surface area contributed by atoms with Gasteiger partial charge in [0.25, 0.3) is 5.91 Å². The minimum atomic E-state index is -0.290. The first-order chi connectivity index (χ1) is 12.5. The Kier molecular flexibility index (Phi) is 7.51. The fourth-order valence-electron chi connectivity index (χ4n) is 1.99. The molecule has 0 aromatic heterocycles. The van der Waals surface area contributed by atoms with Crippen molar-refractivity contribution in [1.29, 1.82) is 0 Å². The van der Waals surface area contributed by atoms with Crippen molar-refractivity contribution < 1.29 is 9.63 Å². The molecule has 0 radical (unpaired) electrons. The standard InChI is InChI=1S/C19H19Cl2N3O2/c1-24(2)12-15(19(25)23-17-6-4-3-5-7-17)11-22-26-13-14-8-9-16(20)10-18(14)21/h3-12H,13H2,1-2H3,(H,23,25)/b15-12-,22-11-. The van der Waals surface area contributed by atoms with Gasteiger partial charge in [0.2, 0.25) is 0 Å². The number of nitrogens with zero attached hydrogens (tertiary/aromatic N) is 2. The molecule has 0 spiro atoms. The van der Waals surface area contributed by atoms with Gasteiger partial charge in [0, 0.05) is 41.6 Å². The van der Waals surface area contributed by atoms with Gasteiger partial charge < -0.3 is 15.1 Å². The highest BCUT2D eigenvalue weighted by Crippen LogP contribution is 2.21. The second-order valence-corrected chi connectivity index (χ2v) is 6.46. The maximum atomic E-state index is 12.4. The molecule has 0 bridgehead atoms. The number of benzene rings is 2. The van der Waals surface area contributed by atoms with Crippen molar-refractivity contribution in [3.8, 4) is 0 Å². The third-order valence-corrected chi connectivity index (χ3v) is 3.78. The largest absolute Gasteiger partial charge is 0.391 e. The zero-order chi connectivity index (χ0) is 18.9. The van der Waals surface area contributed by atoms with E-state index in [-0.39, 0.29) is 12.5 Å². The molecule has 7 heteroatoms. The Labute approximate surface area is 162 Å². The van der Waals surface area contributed by atoms with Crippen molar-refractivity contribution in [1.82, 2.24) is 4.90 Å². The molecule has 0 atom stereocenters. The second kappa shape index (κ2) is 9.85. The van der Waals surface area contributed by atoms with Crippen LogP contribution >= 0.6 is 23.2 Å². The number of carbonyl (C=O) groups is 1. The molecule has 1 amide bonds. The number of halogens is 2. The first-order valence-electron chi connectivity index (χ1n) is 7.79. The molecule has 5 nitrogen and oxygen atoms in total. The molecular weight excluding hydrogens is 373 g/mol. The average molecular weight is 392 g/mol. The van der Waals surface area contributed by atoms with Crippen molar-refractivity contribution in [3.63, 3.8) is 0 Å². The van der Waals surface area contributed by atoms with Gasteiger partial charge in [-0.25, -0.2) is 0 Å². The van der Waals surface area contributed by atoms with Gasteiger partial charge >= 0.3 is 0 Å². The molecule has 1 N–H and O–H groups in total. The summed E-state index contributed by atoms with van der Waals surface area (Å²) in [7, 11) is 3.63. The zero-order valence-electron chi connectivity index (χ0n) is 14.4. The molecule has 0 aliphatic heterocycles. The lowest BCUT2D eigenvalue weighted by Gasteiger charge is -2.09. The third kappa shape index (κ3) is 6.43. The Morgan fingerprint density at radius 1 is 1.19 bits per heavy atom. The van der Waals surface area contributed by atoms with Crippen LogP contribution in [-0.4, -0.2) is 31.1 Å². The summed E-state index contributed by atoms with van der Waals surface area (Å²) in [5, 5.41) is 7.73. The summed E-state index contributed by atoms with van der Waals surface area (Å²) in [5.74, 6) is -0.290. The predicted octanol–water partition coefficient (Wildman–Crippen LogP) is 4.58. The number of anilines is 1. The van der Waals surface area contributed by atoms with E-state index in [1.807, 2.05) is 32.3 Å². The third-order valence-electron chi connectivity index (χ3n) is 3.19. The molecule has 0 heterocycles. The fourth-order valence-corrected chi connectivity index (χ4v) is 2.46. The van der Waals surface area contributed by atoms with Gasteiger partial charge in [-0.3, -0.25) is 4.79 Å². The van der Waals surface area contributed by atoms with Crippen LogP contribution in [0.5, 0.6) is 0 Å². The predicted molar refractivity (Wildman–Crippen MR) is 107 cm³/mol. The van der Waals surface area contributed by atoms with Gasteiger partial charge in [-0.05, 0) is 24.3 Å². The normalized spacial score (nSPS) is 11.5. The van der Waals surface area contributed by atoms with Crippen LogP contribution in [-0.2, 0) is 16.2 Å². The van der Waals surface area contributed by atoms with E-state index in [9.17, 15) is 4.79 Å². The van der Waals surface area contributed by atoms with Crippen molar-refractivity contribution in [2.45, 2.75) is 6.61 Å². The highest BCUT2D eigenvalue weighted by Gasteiger charge is 2.09. The smallest absolute Gasteiger partial charge is 0.258 e. The number of hydrogen-bond donors (Lipinski definition) is 1. The molecule has 26 heavy (non-hydrogen) atoms. The van der Waals surface area contributed by atoms with E-state index in [1.165, 1.54) is 6.21 Å². The van der Waals surface area contributed by atoms with E-state index in [4.69, 9.17) is 28.0 Å². The zero-order valence-corrected chi connectivity index (χ0v) is 16.0.